The van der Waals surface area contributed by atoms with E-state index in [-0.39, 0.29) is 22.7 Å². The third-order valence-electron chi connectivity index (χ3n) is 2.37. The summed E-state index contributed by atoms with van der Waals surface area (Å²) in [5, 5.41) is 16.4. The zero-order valence-electron chi connectivity index (χ0n) is 9.92. The van der Waals surface area contributed by atoms with Crippen LogP contribution in [0.15, 0.2) is 18.2 Å². The summed E-state index contributed by atoms with van der Waals surface area (Å²) < 4.78 is 25.9. The van der Waals surface area contributed by atoms with E-state index in [2.05, 4.69) is 4.72 Å². The van der Waals surface area contributed by atoms with Crippen LogP contribution in [0.1, 0.15) is 23.7 Å². The van der Waals surface area contributed by atoms with E-state index in [1.807, 2.05) is 0 Å². The molecule has 1 unspecified atom stereocenters. The lowest BCUT2D eigenvalue weighted by molar-refractivity contribution is 0.0698. The Kier molecular flexibility index (Phi) is 4.75. The molecule has 0 bridgehead atoms. The Hall–Kier alpha value is -1.78. The number of carboxylic acid groups (broad SMARTS) is 1. The lowest BCUT2D eigenvalue weighted by atomic mass is 10.2. The van der Waals surface area contributed by atoms with Gasteiger partial charge in [-0.1, -0.05) is 24.6 Å². The number of carboxylic acids is 1. The molecule has 0 aliphatic rings. The van der Waals surface area contributed by atoms with E-state index < -0.39 is 21.2 Å². The van der Waals surface area contributed by atoms with Crippen molar-refractivity contribution in [3.63, 3.8) is 0 Å². The third-order valence-corrected chi connectivity index (χ3v) is 4.38. The van der Waals surface area contributed by atoms with Crippen molar-refractivity contribution in [2.45, 2.75) is 18.6 Å². The number of carbonyl (C=O) groups is 1. The lowest BCUT2D eigenvalue weighted by Gasteiger charge is -2.13. The Bertz CT molecular complexity index is 637. The van der Waals surface area contributed by atoms with Gasteiger partial charge in [0, 0.05) is 0 Å². The van der Waals surface area contributed by atoms with Crippen LogP contribution in [-0.4, -0.2) is 24.7 Å². The zero-order chi connectivity index (χ0) is 14.6. The molecule has 0 aliphatic carbocycles. The summed E-state index contributed by atoms with van der Waals surface area (Å²) in [6.45, 7) is 1.54. The number of hydrogen-bond donors (Lipinski definition) is 2. The largest absolute Gasteiger partial charge is 0.478 e. The molecule has 0 saturated carbocycles. The van der Waals surface area contributed by atoms with Gasteiger partial charge in [-0.2, -0.15) is 5.26 Å². The van der Waals surface area contributed by atoms with Crippen LogP contribution >= 0.6 is 11.6 Å². The Morgan fingerprint density at radius 1 is 1.58 bits per heavy atom. The quantitative estimate of drug-likeness (QED) is 0.866. The number of nitrogens with one attached hydrogen (secondary N) is 1. The second kappa shape index (κ2) is 5.91. The molecule has 0 spiro atoms. The van der Waals surface area contributed by atoms with Crippen LogP contribution in [0, 0.1) is 11.3 Å². The maximum absolute atomic E-state index is 11.9. The first kappa shape index (κ1) is 15.3. The van der Waals surface area contributed by atoms with Gasteiger partial charge in [0.15, 0.2) is 5.25 Å². The van der Waals surface area contributed by atoms with Gasteiger partial charge in [0.05, 0.1) is 16.8 Å². The molecule has 0 radical (unpaired) electrons. The number of nitriles is 1. The fourth-order valence-corrected chi connectivity index (χ4v) is 2.88. The molecular formula is C11H11ClN2O4S. The first-order valence-electron chi connectivity index (χ1n) is 5.26. The van der Waals surface area contributed by atoms with Crippen molar-refractivity contribution in [2.24, 2.45) is 0 Å². The predicted molar refractivity (Wildman–Crippen MR) is 70.6 cm³/mol. The first-order chi connectivity index (χ1) is 8.83. The Morgan fingerprint density at radius 2 is 2.21 bits per heavy atom. The molecule has 1 rings (SSSR count). The number of rotatable bonds is 5. The fraction of sp³-hybridized carbons (Fsp3) is 0.273. The van der Waals surface area contributed by atoms with Gasteiger partial charge in [0.2, 0.25) is 10.0 Å². The Labute approximate surface area is 115 Å². The molecule has 0 aromatic heterocycles. The lowest BCUT2D eigenvalue weighted by Crippen LogP contribution is -2.26. The van der Waals surface area contributed by atoms with Gasteiger partial charge in [0.25, 0.3) is 0 Å². The van der Waals surface area contributed by atoms with Crippen molar-refractivity contribution in [1.29, 1.82) is 5.26 Å². The second-order valence-electron chi connectivity index (χ2n) is 3.64. The molecule has 19 heavy (non-hydrogen) atoms. The zero-order valence-corrected chi connectivity index (χ0v) is 11.5. The molecule has 1 atom stereocenters. The van der Waals surface area contributed by atoms with Gasteiger partial charge in [-0.15, -0.1) is 0 Å². The van der Waals surface area contributed by atoms with Crippen molar-refractivity contribution in [3.8, 4) is 6.07 Å². The van der Waals surface area contributed by atoms with E-state index in [0.717, 1.165) is 0 Å². The molecule has 0 aliphatic heterocycles. The molecule has 0 heterocycles. The van der Waals surface area contributed by atoms with Gasteiger partial charge in [0.1, 0.15) is 5.56 Å². The number of halogens is 1. The predicted octanol–water partition coefficient (Wildman–Crippen LogP) is 2.08. The summed E-state index contributed by atoms with van der Waals surface area (Å²) in [6.07, 6.45) is 0.0921. The maximum Gasteiger partial charge on any atom is 0.339 e. The molecule has 0 amide bonds. The number of nitrogens with zero attached hydrogens (tertiary/aromatic N) is 1. The monoisotopic (exact) mass is 302 g/mol. The van der Waals surface area contributed by atoms with E-state index in [0.29, 0.717) is 0 Å². The number of hydrogen-bond acceptors (Lipinski definition) is 4. The van der Waals surface area contributed by atoms with Crippen LogP contribution < -0.4 is 4.72 Å². The molecule has 102 valence electrons. The number of anilines is 1. The minimum Gasteiger partial charge on any atom is -0.478 e. The fourth-order valence-electron chi connectivity index (χ4n) is 1.43. The Morgan fingerprint density at radius 3 is 2.68 bits per heavy atom. The molecule has 1 aromatic carbocycles. The minimum absolute atomic E-state index is 0.0855. The molecule has 2 N–H and O–H groups in total. The average Bonchev–Trinajstić information content (AvgIpc) is 2.28. The number of sulfonamides is 1. The molecular weight excluding hydrogens is 292 g/mol. The maximum atomic E-state index is 11.9. The second-order valence-corrected chi connectivity index (χ2v) is 5.91. The molecule has 0 fully saturated rings. The van der Waals surface area contributed by atoms with Crippen molar-refractivity contribution in [1.82, 2.24) is 0 Å². The topological polar surface area (TPSA) is 107 Å². The summed E-state index contributed by atoms with van der Waals surface area (Å²) in [4.78, 5) is 11.1. The SMILES string of the molecule is CCC(C#N)S(=O)(=O)Nc1cccc(Cl)c1C(=O)O. The van der Waals surface area contributed by atoms with Crippen LogP contribution in [0.2, 0.25) is 5.02 Å². The highest BCUT2D eigenvalue weighted by Gasteiger charge is 2.26. The van der Waals surface area contributed by atoms with E-state index in [1.54, 1.807) is 13.0 Å². The third kappa shape index (κ3) is 3.36. The van der Waals surface area contributed by atoms with Gasteiger partial charge in [-0.05, 0) is 18.6 Å². The van der Waals surface area contributed by atoms with E-state index in [4.69, 9.17) is 22.0 Å². The van der Waals surface area contributed by atoms with Gasteiger partial charge >= 0.3 is 5.97 Å². The van der Waals surface area contributed by atoms with Crippen LogP contribution in [0.4, 0.5) is 5.69 Å². The van der Waals surface area contributed by atoms with Gasteiger partial charge < -0.3 is 5.11 Å². The van der Waals surface area contributed by atoms with Crippen LogP contribution in [-0.2, 0) is 10.0 Å². The summed E-state index contributed by atoms with van der Waals surface area (Å²) in [5.41, 5.74) is -0.505. The summed E-state index contributed by atoms with van der Waals surface area (Å²) >= 11 is 5.72. The standard InChI is InChI=1S/C11H11ClN2O4S/c1-2-7(6-13)19(17,18)14-9-5-3-4-8(12)10(9)11(15)16/h3-5,7,14H,2H2,1H3,(H,15,16). The highest BCUT2D eigenvalue weighted by molar-refractivity contribution is 7.93. The van der Waals surface area contributed by atoms with Crippen molar-refractivity contribution >= 4 is 33.3 Å². The molecule has 1 aromatic rings. The Balaban J connectivity index is 3.25. The first-order valence-corrected chi connectivity index (χ1v) is 7.19. The molecule has 6 nitrogen and oxygen atoms in total. The van der Waals surface area contributed by atoms with Crippen molar-refractivity contribution in [2.75, 3.05) is 4.72 Å². The van der Waals surface area contributed by atoms with Crippen LogP contribution in [0.3, 0.4) is 0 Å². The summed E-state index contributed by atoms with van der Waals surface area (Å²) in [7, 11) is -3.98. The highest BCUT2D eigenvalue weighted by Crippen LogP contribution is 2.26. The summed E-state index contributed by atoms with van der Waals surface area (Å²) in [5.74, 6) is -1.35. The minimum atomic E-state index is -3.98. The number of aromatic carboxylic acids is 1. The summed E-state index contributed by atoms with van der Waals surface area (Å²) in [6, 6.07) is 5.67. The van der Waals surface area contributed by atoms with Crippen LogP contribution in [0.5, 0.6) is 0 Å². The normalized spacial score (nSPS) is 12.5. The van der Waals surface area contributed by atoms with Crippen LogP contribution in [0.25, 0.3) is 0 Å². The van der Waals surface area contributed by atoms with E-state index in [9.17, 15) is 13.2 Å². The van der Waals surface area contributed by atoms with Gasteiger partial charge in [-0.25, -0.2) is 13.2 Å². The highest BCUT2D eigenvalue weighted by atomic mass is 35.5. The van der Waals surface area contributed by atoms with E-state index >= 15 is 0 Å². The number of benzene rings is 1. The van der Waals surface area contributed by atoms with Gasteiger partial charge in [-0.3, -0.25) is 4.72 Å². The van der Waals surface area contributed by atoms with Crippen molar-refractivity contribution in [3.05, 3.63) is 28.8 Å². The van der Waals surface area contributed by atoms with Crippen molar-refractivity contribution < 1.29 is 18.3 Å². The molecule has 8 heteroatoms. The average molecular weight is 303 g/mol. The smallest absolute Gasteiger partial charge is 0.339 e. The van der Waals surface area contributed by atoms with E-state index in [1.165, 1.54) is 18.2 Å². The molecule has 0 saturated heterocycles.